The van der Waals surface area contributed by atoms with Gasteiger partial charge in [0.05, 0.1) is 17.2 Å². The van der Waals surface area contributed by atoms with Crippen molar-refractivity contribution in [2.75, 3.05) is 20.2 Å². The molecule has 2 heterocycles. The molecule has 1 aliphatic rings. The van der Waals surface area contributed by atoms with Crippen LogP contribution in [0.4, 0.5) is 0 Å². The van der Waals surface area contributed by atoms with E-state index in [1.165, 1.54) is 11.3 Å². The minimum atomic E-state index is -0.168. The Labute approximate surface area is 133 Å². The van der Waals surface area contributed by atoms with E-state index in [9.17, 15) is 4.79 Å². The Hall–Kier alpha value is -2.08. The molecule has 0 fully saturated rings. The molecule has 1 aromatic heterocycles. The molecule has 1 atom stereocenters. The van der Waals surface area contributed by atoms with Gasteiger partial charge in [-0.05, 0) is 26.0 Å². The van der Waals surface area contributed by atoms with Crippen LogP contribution in [0.3, 0.4) is 0 Å². The van der Waals surface area contributed by atoms with Crippen LogP contribution in [0.5, 0.6) is 11.5 Å². The molecule has 22 heavy (non-hydrogen) atoms. The highest BCUT2D eigenvalue weighted by atomic mass is 32.1. The molecule has 0 spiro atoms. The average Bonchev–Trinajstić information content (AvgIpc) is 2.85. The van der Waals surface area contributed by atoms with E-state index in [1.54, 1.807) is 11.9 Å². The molecular formula is C16H18N2O3S. The van der Waals surface area contributed by atoms with Crippen molar-refractivity contribution >= 4 is 17.2 Å². The molecule has 0 bridgehead atoms. The Morgan fingerprint density at radius 1 is 1.36 bits per heavy atom. The first-order chi connectivity index (χ1) is 10.5. The smallest absolute Gasteiger partial charge is 0.265 e. The second-order valence-corrected chi connectivity index (χ2v) is 6.53. The van der Waals surface area contributed by atoms with Gasteiger partial charge in [0.25, 0.3) is 5.91 Å². The summed E-state index contributed by atoms with van der Waals surface area (Å²) in [5, 5.41) is 0.903. The molecular weight excluding hydrogens is 300 g/mol. The largest absolute Gasteiger partial charge is 0.486 e. The summed E-state index contributed by atoms with van der Waals surface area (Å²) < 4.78 is 11.6. The molecule has 1 amide bonds. The van der Waals surface area contributed by atoms with Crippen LogP contribution in [0.2, 0.25) is 0 Å². The number of nitrogens with zero attached hydrogens (tertiary/aromatic N) is 2. The summed E-state index contributed by atoms with van der Waals surface area (Å²) in [5.41, 5.74) is 0.783. The average molecular weight is 318 g/mol. The zero-order chi connectivity index (χ0) is 15.7. The number of aromatic nitrogens is 1. The normalized spacial score (nSPS) is 16.4. The first kappa shape index (κ1) is 14.8. The topological polar surface area (TPSA) is 51.7 Å². The molecule has 2 aromatic rings. The number of likely N-dealkylation sites (N-methyl/N-ethyl adjacent to an activating group) is 1. The number of carbonyl (C=O) groups is 1. The maximum Gasteiger partial charge on any atom is 0.265 e. The quantitative estimate of drug-likeness (QED) is 0.873. The Morgan fingerprint density at radius 3 is 2.77 bits per heavy atom. The third-order valence-corrected chi connectivity index (χ3v) is 4.55. The van der Waals surface area contributed by atoms with Gasteiger partial charge in [0, 0.05) is 7.05 Å². The molecule has 3 rings (SSSR count). The Balaban J connectivity index is 1.66. The van der Waals surface area contributed by atoms with Gasteiger partial charge < -0.3 is 14.4 Å². The zero-order valence-electron chi connectivity index (χ0n) is 12.8. The molecule has 0 aliphatic carbocycles. The van der Waals surface area contributed by atoms with Crippen molar-refractivity contribution in [1.29, 1.82) is 0 Å². The summed E-state index contributed by atoms with van der Waals surface area (Å²) in [6, 6.07) is 7.57. The standard InChI is InChI=1S/C16H18N2O3S/c1-10-15(22-11(2)17-10)16(19)18(3)8-12-9-20-13-6-4-5-7-14(13)21-12/h4-7,12H,8-9H2,1-3H3. The van der Waals surface area contributed by atoms with Crippen LogP contribution in [0.15, 0.2) is 24.3 Å². The number of fused-ring (bicyclic) bond motifs is 1. The summed E-state index contributed by atoms with van der Waals surface area (Å²) in [7, 11) is 1.78. The highest BCUT2D eigenvalue weighted by Gasteiger charge is 2.25. The molecule has 5 nitrogen and oxygen atoms in total. The fourth-order valence-corrected chi connectivity index (χ4v) is 3.36. The van der Waals surface area contributed by atoms with Crippen molar-refractivity contribution in [1.82, 2.24) is 9.88 Å². The van der Waals surface area contributed by atoms with Gasteiger partial charge in [-0.3, -0.25) is 4.79 Å². The third-order valence-electron chi connectivity index (χ3n) is 3.49. The molecule has 0 N–H and O–H groups in total. The van der Waals surface area contributed by atoms with Gasteiger partial charge in [0.2, 0.25) is 0 Å². The molecule has 1 aromatic carbocycles. The lowest BCUT2D eigenvalue weighted by Gasteiger charge is -2.29. The van der Waals surface area contributed by atoms with E-state index in [4.69, 9.17) is 9.47 Å². The van der Waals surface area contributed by atoms with Crippen LogP contribution in [-0.4, -0.2) is 42.1 Å². The van der Waals surface area contributed by atoms with E-state index < -0.39 is 0 Å². The Morgan fingerprint density at radius 2 is 2.09 bits per heavy atom. The van der Waals surface area contributed by atoms with Crippen LogP contribution in [0.1, 0.15) is 20.4 Å². The van der Waals surface area contributed by atoms with Crippen LogP contribution >= 0.6 is 11.3 Å². The van der Waals surface area contributed by atoms with E-state index in [-0.39, 0.29) is 12.0 Å². The van der Waals surface area contributed by atoms with E-state index in [0.29, 0.717) is 18.0 Å². The number of amides is 1. The van der Waals surface area contributed by atoms with E-state index in [1.807, 2.05) is 38.1 Å². The number of aryl methyl sites for hydroxylation is 2. The van der Waals surface area contributed by atoms with Gasteiger partial charge in [0.15, 0.2) is 17.6 Å². The van der Waals surface area contributed by atoms with Crippen molar-refractivity contribution < 1.29 is 14.3 Å². The molecule has 6 heteroatoms. The first-order valence-electron chi connectivity index (χ1n) is 7.12. The number of hydrogen-bond donors (Lipinski definition) is 0. The molecule has 1 aliphatic heterocycles. The second-order valence-electron chi connectivity index (χ2n) is 5.33. The number of para-hydroxylation sites is 2. The van der Waals surface area contributed by atoms with Crippen LogP contribution in [0, 0.1) is 13.8 Å². The predicted molar refractivity (Wildman–Crippen MR) is 84.9 cm³/mol. The number of benzene rings is 1. The number of carbonyl (C=O) groups excluding carboxylic acids is 1. The summed E-state index contributed by atoms with van der Waals surface area (Å²) in [4.78, 5) is 19.2. The Kier molecular flexibility index (Phi) is 4.02. The molecule has 1 unspecified atom stereocenters. The second kappa shape index (κ2) is 5.96. The number of hydrogen-bond acceptors (Lipinski definition) is 5. The van der Waals surface area contributed by atoms with Gasteiger partial charge in [-0.15, -0.1) is 11.3 Å². The highest BCUT2D eigenvalue weighted by Crippen LogP contribution is 2.31. The van der Waals surface area contributed by atoms with Crippen molar-refractivity contribution in [3.63, 3.8) is 0 Å². The van der Waals surface area contributed by atoms with E-state index in [0.717, 1.165) is 22.2 Å². The van der Waals surface area contributed by atoms with Gasteiger partial charge >= 0.3 is 0 Å². The fraction of sp³-hybridized carbons (Fsp3) is 0.375. The van der Waals surface area contributed by atoms with Gasteiger partial charge in [-0.2, -0.15) is 0 Å². The highest BCUT2D eigenvalue weighted by molar-refractivity contribution is 7.13. The van der Waals surface area contributed by atoms with Crippen LogP contribution in [-0.2, 0) is 0 Å². The lowest BCUT2D eigenvalue weighted by atomic mass is 10.2. The van der Waals surface area contributed by atoms with Crippen molar-refractivity contribution in [3.8, 4) is 11.5 Å². The lowest BCUT2D eigenvalue weighted by molar-refractivity contribution is 0.0523. The summed E-state index contributed by atoms with van der Waals surface area (Å²) >= 11 is 1.43. The maximum atomic E-state index is 12.5. The minimum absolute atomic E-state index is 0.0226. The lowest BCUT2D eigenvalue weighted by Crippen LogP contribution is -2.41. The van der Waals surface area contributed by atoms with Gasteiger partial charge in [0.1, 0.15) is 11.5 Å². The number of ether oxygens (including phenoxy) is 2. The number of thiazole rings is 1. The molecule has 0 radical (unpaired) electrons. The SMILES string of the molecule is Cc1nc(C)c(C(=O)N(C)CC2COc3ccccc3O2)s1. The summed E-state index contributed by atoms with van der Waals surface area (Å²) in [6.07, 6.45) is -0.168. The van der Waals surface area contributed by atoms with Crippen LogP contribution in [0.25, 0.3) is 0 Å². The summed E-state index contributed by atoms with van der Waals surface area (Å²) in [5.74, 6) is 1.46. The third kappa shape index (κ3) is 2.92. The molecule has 0 saturated heterocycles. The van der Waals surface area contributed by atoms with Crippen molar-refractivity contribution in [2.24, 2.45) is 0 Å². The predicted octanol–water partition coefficient (Wildman–Crippen LogP) is 2.67. The monoisotopic (exact) mass is 318 g/mol. The van der Waals surface area contributed by atoms with Gasteiger partial charge in [-0.25, -0.2) is 4.98 Å². The van der Waals surface area contributed by atoms with Gasteiger partial charge in [-0.1, -0.05) is 12.1 Å². The maximum absolute atomic E-state index is 12.5. The van der Waals surface area contributed by atoms with Crippen molar-refractivity contribution in [2.45, 2.75) is 20.0 Å². The van der Waals surface area contributed by atoms with Crippen molar-refractivity contribution in [3.05, 3.63) is 39.8 Å². The Bertz CT molecular complexity index is 698. The molecule has 116 valence electrons. The first-order valence-corrected chi connectivity index (χ1v) is 7.94. The van der Waals surface area contributed by atoms with Crippen LogP contribution < -0.4 is 9.47 Å². The fourth-order valence-electron chi connectivity index (χ4n) is 2.44. The number of rotatable bonds is 3. The summed E-state index contributed by atoms with van der Waals surface area (Å²) in [6.45, 7) is 4.68. The zero-order valence-corrected chi connectivity index (χ0v) is 13.6. The molecule has 0 saturated carbocycles. The van der Waals surface area contributed by atoms with E-state index >= 15 is 0 Å². The minimum Gasteiger partial charge on any atom is -0.486 e. The van der Waals surface area contributed by atoms with E-state index in [2.05, 4.69) is 4.98 Å².